The van der Waals surface area contributed by atoms with Gasteiger partial charge < -0.3 is 25.0 Å². The number of morpholine rings is 1. The average Bonchev–Trinajstić information content (AvgIpc) is 2.97. The van der Waals surface area contributed by atoms with Crippen molar-refractivity contribution in [2.75, 3.05) is 59.0 Å². The Labute approximate surface area is 121 Å². The third-order valence-electron chi connectivity index (χ3n) is 3.93. The number of amides is 1. The van der Waals surface area contributed by atoms with Crippen molar-refractivity contribution in [1.29, 1.82) is 0 Å². The predicted octanol–water partition coefficient (Wildman–Crippen LogP) is -0.718. The van der Waals surface area contributed by atoms with E-state index >= 15 is 0 Å². The Hall–Kier alpha value is -0.690. The molecule has 6 nitrogen and oxygen atoms in total. The zero-order chi connectivity index (χ0) is 14.2. The minimum atomic E-state index is -0.341. The van der Waals surface area contributed by atoms with Crippen LogP contribution in [-0.4, -0.2) is 85.9 Å². The van der Waals surface area contributed by atoms with E-state index in [4.69, 9.17) is 4.74 Å². The first-order valence-electron chi connectivity index (χ1n) is 7.72. The zero-order valence-corrected chi connectivity index (χ0v) is 12.2. The molecule has 0 aromatic carbocycles. The van der Waals surface area contributed by atoms with E-state index in [0.717, 1.165) is 19.6 Å². The van der Waals surface area contributed by atoms with Gasteiger partial charge in [0.1, 0.15) is 0 Å². The van der Waals surface area contributed by atoms with Crippen LogP contribution in [0, 0.1) is 0 Å². The SMILES string of the molecule is O=C(CCNCC(O)CN1CCCC1)N1CCOCC1. The number of nitrogens with zero attached hydrogens (tertiary/aromatic N) is 2. The summed E-state index contributed by atoms with van der Waals surface area (Å²) in [6, 6.07) is 0. The summed E-state index contributed by atoms with van der Waals surface area (Å²) >= 11 is 0. The highest BCUT2D eigenvalue weighted by atomic mass is 16.5. The molecular formula is C14H27N3O3. The monoisotopic (exact) mass is 285 g/mol. The molecule has 2 fully saturated rings. The van der Waals surface area contributed by atoms with E-state index in [1.54, 1.807) is 0 Å². The summed E-state index contributed by atoms with van der Waals surface area (Å²) in [5, 5.41) is 13.1. The first kappa shape index (κ1) is 15.7. The van der Waals surface area contributed by atoms with Gasteiger partial charge in [0, 0.05) is 39.1 Å². The molecule has 2 rings (SSSR count). The Balaban J connectivity index is 1.50. The van der Waals surface area contributed by atoms with Gasteiger partial charge in [-0.25, -0.2) is 0 Å². The maximum atomic E-state index is 11.9. The lowest BCUT2D eigenvalue weighted by atomic mass is 10.3. The van der Waals surface area contributed by atoms with Gasteiger partial charge in [0.2, 0.25) is 5.91 Å². The third kappa shape index (κ3) is 5.36. The number of carbonyl (C=O) groups is 1. The number of hydrogen-bond acceptors (Lipinski definition) is 5. The van der Waals surface area contributed by atoms with Gasteiger partial charge in [0.25, 0.3) is 0 Å². The quantitative estimate of drug-likeness (QED) is 0.605. The molecule has 2 saturated heterocycles. The van der Waals surface area contributed by atoms with Crippen molar-refractivity contribution in [3.05, 3.63) is 0 Å². The van der Waals surface area contributed by atoms with Crippen LogP contribution in [0.3, 0.4) is 0 Å². The summed E-state index contributed by atoms with van der Waals surface area (Å²) in [6.45, 7) is 6.85. The second-order valence-corrected chi connectivity index (χ2v) is 5.61. The molecule has 2 aliphatic heterocycles. The number of aliphatic hydroxyl groups is 1. The van der Waals surface area contributed by atoms with Crippen molar-refractivity contribution < 1.29 is 14.6 Å². The van der Waals surface area contributed by atoms with Gasteiger partial charge >= 0.3 is 0 Å². The highest BCUT2D eigenvalue weighted by molar-refractivity contribution is 5.76. The van der Waals surface area contributed by atoms with Crippen LogP contribution in [0.25, 0.3) is 0 Å². The zero-order valence-electron chi connectivity index (χ0n) is 12.2. The minimum absolute atomic E-state index is 0.176. The van der Waals surface area contributed by atoms with Crippen LogP contribution in [-0.2, 0) is 9.53 Å². The first-order chi connectivity index (χ1) is 9.75. The van der Waals surface area contributed by atoms with E-state index in [1.165, 1.54) is 12.8 Å². The number of carbonyl (C=O) groups excluding carboxylic acids is 1. The molecule has 0 aromatic heterocycles. The molecule has 2 heterocycles. The summed E-state index contributed by atoms with van der Waals surface area (Å²) < 4.78 is 5.22. The van der Waals surface area contributed by atoms with E-state index in [0.29, 0.717) is 45.8 Å². The number of aliphatic hydroxyl groups excluding tert-OH is 1. The van der Waals surface area contributed by atoms with E-state index < -0.39 is 0 Å². The van der Waals surface area contributed by atoms with Gasteiger partial charge in [0.15, 0.2) is 0 Å². The van der Waals surface area contributed by atoms with Gasteiger partial charge in [-0.05, 0) is 25.9 Å². The van der Waals surface area contributed by atoms with Crippen LogP contribution in [0.5, 0.6) is 0 Å². The Morgan fingerprint density at radius 2 is 1.90 bits per heavy atom. The van der Waals surface area contributed by atoms with E-state index in [9.17, 15) is 9.90 Å². The van der Waals surface area contributed by atoms with Crippen LogP contribution in [0.2, 0.25) is 0 Å². The lowest BCUT2D eigenvalue weighted by molar-refractivity contribution is -0.135. The second-order valence-electron chi connectivity index (χ2n) is 5.61. The predicted molar refractivity (Wildman–Crippen MR) is 76.6 cm³/mol. The lowest BCUT2D eigenvalue weighted by Crippen LogP contribution is -2.42. The molecule has 1 amide bonds. The summed E-state index contributed by atoms with van der Waals surface area (Å²) in [4.78, 5) is 16.0. The topological polar surface area (TPSA) is 65.0 Å². The van der Waals surface area contributed by atoms with E-state index in [1.807, 2.05) is 4.90 Å². The standard InChI is InChI=1S/C14H27N3O3/c18-13(12-16-5-1-2-6-16)11-15-4-3-14(19)17-7-9-20-10-8-17/h13,15,18H,1-12H2. The number of likely N-dealkylation sites (tertiary alicyclic amines) is 1. The summed E-state index contributed by atoms with van der Waals surface area (Å²) in [6.07, 6.45) is 2.64. The Kier molecular flexibility index (Phi) is 6.72. The van der Waals surface area contributed by atoms with Crippen molar-refractivity contribution >= 4 is 5.91 Å². The fourth-order valence-electron chi connectivity index (χ4n) is 2.76. The largest absolute Gasteiger partial charge is 0.390 e. The van der Waals surface area contributed by atoms with Crippen LogP contribution in [0.4, 0.5) is 0 Å². The molecule has 0 spiro atoms. The molecule has 20 heavy (non-hydrogen) atoms. The molecule has 1 atom stereocenters. The van der Waals surface area contributed by atoms with Gasteiger partial charge in [-0.15, -0.1) is 0 Å². The first-order valence-corrected chi connectivity index (χ1v) is 7.72. The fraction of sp³-hybridized carbons (Fsp3) is 0.929. The summed E-state index contributed by atoms with van der Waals surface area (Å²) in [5.74, 6) is 0.176. The van der Waals surface area contributed by atoms with Crippen molar-refractivity contribution in [3.8, 4) is 0 Å². The van der Waals surface area contributed by atoms with Crippen molar-refractivity contribution in [3.63, 3.8) is 0 Å². The van der Waals surface area contributed by atoms with Crippen LogP contribution < -0.4 is 5.32 Å². The van der Waals surface area contributed by atoms with Crippen molar-refractivity contribution in [2.45, 2.75) is 25.4 Å². The minimum Gasteiger partial charge on any atom is -0.390 e. The molecule has 0 saturated carbocycles. The molecule has 1 unspecified atom stereocenters. The smallest absolute Gasteiger partial charge is 0.224 e. The highest BCUT2D eigenvalue weighted by Crippen LogP contribution is 2.07. The number of nitrogens with one attached hydrogen (secondary N) is 1. The molecule has 6 heteroatoms. The Morgan fingerprint density at radius 3 is 2.60 bits per heavy atom. The number of β-amino-alcohol motifs (C(OH)–C–C–N with tert-alkyl or cyclic N) is 1. The van der Waals surface area contributed by atoms with Gasteiger partial charge in [0.05, 0.1) is 19.3 Å². The fourth-order valence-corrected chi connectivity index (χ4v) is 2.76. The van der Waals surface area contributed by atoms with Crippen LogP contribution >= 0.6 is 0 Å². The van der Waals surface area contributed by atoms with Crippen LogP contribution in [0.15, 0.2) is 0 Å². The van der Waals surface area contributed by atoms with Gasteiger partial charge in [-0.2, -0.15) is 0 Å². The molecule has 2 aliphatic rings. The summed E-state index contributed by atoms with van der Waals surface area (Å²) in [7, 11) is 0. The van der Waals surface area contributed by atoms with E-state index in [-0.39, 0.29) is 12.0 Å². The van der Waals surface area contributed by atoms with E-state index in [2.05, 4.69) is 10.2 Å². The molecule has 2 N–H and O–H groups in total. The molecule has 116 valence electrons. The van der Waals surface area contributed by atoms with Gasteiger partial charge in [-0.1, -0.05) is 0 Å². The van der Waals surface area contributed by atoms with Gasteiger partial charge in [-0.3, -0.25) is 4.79 Å². The maximum Gasteiger partial charge on any atom is 0.224 e. The second kappa shape index (κ2) is 8.56. The lowest BCUT2D eigenvalue weighted by Gasteiger charge is -2.27. The van der Waals surface area contributed by atoms with Crippen molar-refractivity contribution in [1.82, 2.24) is 15.1 Å². The highest BCUT2D eigenvalue weighted by Gasteiger charge is 2.17. The third-order valence-corrected chi connectivity index (χ3v) is 3.93. The molecule has 0 bridgehead atoms. The molecule has 0 aliphatic carbocycles. The summed E-state index contributed by atoms with van der Waals surface area (Å²) in [5.41, 5.74) is 0. The van der Waals surface area contributed by atoms with Crippen LogP contribution in [0.1, 0.15) is 19.3 Å². The average molecular weight is 285 g/mol. The number of ether oxygens (including phenoxy) is 1. The molecular weight excluding hydrogens is 258 g/mol. The Morgan fingerprint density at radius 1 is 1.20 bits per heavy atom. The van der Waals surface area contributed by atoms with Crippen molar-refractivity contribution in [2.24, 2.45) is 0 Å². The normalized spacial score (nSPS) is 22.1. The Bertz CT molecular complexity index is 289. The molecule has 0 radical (unpaired) electrons. The molecule has 0 aromatic rings. The number of rotatable bonds is 7. The maximum absolute atomic E-state index is 11.9. The number of hydrogen-bond donors (Lipinski definition) is 2.